The molecule has 0 radical (unpaired) electrons. The molecule has 8 nitrogen and oxygen atoms in total. The lowest BCUT2D eigenvalue weighted by Crippen LogP contribution is -2.35. The minimum Gasteiger partial charge on any atom is -0.508 e. The number of carbonyl (C=O) groups is 1. The Balaban J connectivity index is 2.30. The molecule has 1 aromatic rings. The highest BCUT2D eigenvalue weighted by atomic mass is 16.7. The summed E-state index contributed by atoms with van der Waals surface area (Å²) < 4.78 is 10.4. The Morgan fingerprint density at radius 2 is 1.95 bits per heavy atom. The van der Waals surface area contributed by atoms with Crippen molar-refractivity contribution in [1.29, 1.82) is 0 Å². The Bertz CT molecular complexity index is 543. The summed E-state index contributed by atoms with van der Waals surface area (Å²) in [5.74, 6) is -1.55. The topological polar surface area (TPSA) is 137 Å². The molecule has 21 heavy (non-hydrogen) atoms. The van der Waals surface area contributed by atoms with Gasteiger partial charge in [0.2, 0.25) is 6.29 Å². The number of hydrogen-bond donors (Lipinski definition) is 5. The van der Waals surface area contributed by atoms with Crippen LogP contribution in [0.25, 0.3) is 0 Å². The summed E-state index contributed by atoms with van der Waals surface area (Å²) in [6.45, 7) is 0.666. The molecular formula is C13H16O8. The molecule has 5 N–H and O–H groups in total. The number of carbonyl (C=O) groups excluding carboxylic acids is 1. The predicted octanol–water partition coefficient (Wildman–Crippen LogP) is -0.882. The van der Waals surface area contributed by atoms with Crippen molar-refractivity contribution in [3.63, 3.8) is 0 Å². The molecule has 1 fully saturated rings. The van der Waals surface area contributed by atoms with E-state index >= 15 is 0 Å². The number of hydrogen-bond acceptors (Lipinski definition) is 8. The van der Waals surface area contributed by atoms with Gasteiger partial charge in [0.15, 0.2) is 5.78 Å². The summed E-state index contributed by atoms with van der Waals surface area (Å²) in [5, 5.41) is 47.5. The van der Waals surface area contributed by atoms with Crippen LogP contribution in [0.15, 0.2) is 12.1 Å². The van der Waals surface area contributed by atoms with Crippen LogP contribution in [0.2, 0.25) is 0 Å². The number of benzene rings is 1. The third-order valence-electron chi connectivity index (χ3n) is 3.16. The summed E-state index contributed by atoms with van der Waals surface area (Å²) in [5.41, 5.74) is -0.189. The first-order valence-corrected chi connectivity index (χ1v) is 6.21. The highest BCUT2D eigenvalue weighted by Crippen LogP contribution is 2.35. The van der Waals surface area contributed by atoms with Gasteiger partial charge in [-0.1, -0.05) is 0 Å². The van der Waals surface area contributed by atoms with Crippen LogP contribution in [0.3, 0.4) is 0 Å². The van der Waals surface area contributed by atoms with Crippen molar-refractivity contribution in [3.8, 4) is 17.2 Å². The Morgan fingerprint density at radius 3 is 2.48 bits per heavy atom. The number of aromatic hydroxyl groups is 2. The Hall–Kier alpha value is -1.87. The van der Waals surface area contributed by atoms with Gasteiger partial charge in [0.25, 0.3) is 0 Å². The highest BCUT2D eigenvalue weighted by molar-refractivity contribution is 5.99. The zero-order valence-corrected chi connectivity index (χ0v) is 11.1. The smallest absolute Gasteiger partial charge is 0.229 e. The summed E-state index contributed by atoms with van der Waals surface area (Å²) in [4.78, 5) is 11.5. The van der Waals surface area contributed by atoms with E-state index in [9.17, 15) is 25.2 Å². The number of ether oxygens (including phenoxy) is 2. The monoisotopic (exact) mass is 300 g/mol. The highest BCUT2D eigenvalue weighted by Gasteiger charge is 2.44. The lowest BCUT2D eigenvalue weighted by atomic mass is 10.1. The number of ketones is 1. The van der Waals surface area contributed by atoms with Crippen LogP contribution in [0.1, 0.15) is 17.3 Å². The lowest BCUT2D eigenvalue weighted by Gasteiger charge is -2.19. The fourth-order valence-corrected chi connectivity index (χ4v) is 2.12. The Labute approximate surface area is 119 Å². The van der Waals surface area contributed by atoms with Crippen molar-refractivity contribution in [1.82, 2.24) is 0 Å². The number of phenols is 2. The second-order valence-corrected chi connectivity index (χ2v) is 4.72. The van der Waals surface area contributed by atoms with E-state index < -0.39 is 42.7 Å². The van der Waals surface area contributed by atoms with Crippen molar-refractivity contribution in [2.45, 2.75) is 31.5 Å². The number of Topliss-reactive ketones (excluding diaryl/α,β-unsaturated/α-hetero) is 1. The van der Waals surface area contributed by atoms with Gasteiger partial charge in [-0.2, -0.15) is 0 Å². The third kappa shape index (κ3) is 2.93. The van der Waals surface area contributed by atoms with Gasteiger partial charge in [0.05, 0.1) is 6.61 Å². The molecule has 2 rings (SSSR count). The van der Waals surface area contributed by atoms with E-state index in [-0.39, 0.29) is 17.1 Å². The summed E-state index contributed by atoms with van der Waals surface area (Å²) >= 11 is 0. The van der Waals surface area contributed by atoms with E-state index in [2.05, 4.69) is 0 Å². The summed E-state index contributed by atoms with van der Waals surface area (Å²) in [6.07, 6.45) is -5.19. The first-order valence-electron chi connectivity index (χ1n) is 6.21. The second-order valence-electron chi connectivity index (χ2n) is 4.72. The summed E-state index contributed by atoms with van der Waals surface area (Å²) in [7, 11) is 0. The van der Waals surface area contributed by atoms with Gasteiger partial charge in [0.1, 0.15) is 41.1 Å². The molecule has 116 valence electrons. The van der Waals surface area contributed by atoms with Gasteiger partial charge in [0, 0.05) is 12.1 Å². The van der Waals surface area contributed by atoms with E-state index in [1.807, 2.05) is 0 Å². The second kappa shape index (κ2) is 5.86. The van der Waals surface area contributed by atoms with Crippen molar-refractivity contribution in [2.24, 2.45) is 0 Å². The van der Waals surface area contributed by atoms with Gasteiger partial charge in [-0.15, -0.1) is 0 Å². The Morgan fingerprint density at radius 1 is 1.29 bits per heavy atom. The quantitative estimate of drug-likeness (QED) is 0.452. The van der Waals surface area contributed by atoms with Gasteiger partial charge in [-0.25, -0.2) is 0 Å². The normalized spacial score (nSPS) is 28.6. The molecular weight excluding hydrogens is 284 g/mol. The molecule has 1 aliphatic rings. The van der Waals surface area contributed by atoms with Crippen LogP contribution < -0.4 is 4.74 Å². The summed E-state index contributed by atoms with van der Waals surface area (Å²) in [6, 6.07) is 2.05. The fraction of sp³-hybridized carbons (Fsp3) is 0.462. The molecule has 8 heteroatoms. The molecule has 1 heterocycles. The molecule has 1 aromatic carbocycles. The zero-order chi connectivity index (χ0) is 15.7. The predicted molar refractivity (Wildman–Crippen MR) is 68.2 cm³/mol. The number of rotatable bonds is 4. The first kappa shape index (κ1) is 15.5. The fourth-order valence-electron chi connectivity index (χ4n) is 2.12. The van der Waals surface area contributed by atoms with Gasteiger partial charge in [-0.3, -0.25) is 4.79 Å². The maximum Gasteiger partial charge on any atom is 0.229 e. The Kier molecular flexibility index (Phi) is 4.33. The first-order chi connectivity index (χ1) is 9.85. The van der Waals surface area contributed by atoms with Crippen molar-refractivity contribution >= 4 is 5.78 Å². The van der Waals surface area contributed by atoms with Crippen molar-refractivity contribution < 1.29 is 39.8 Å². The van der Waals surface area contributed by atoms with Gasteiger partial charge in [-0.05, 0) is 6.92 Å². The molecule has 1 saturated heterocycles. The molecule has 0 spiro atoms. The van der Waals surface area contributed by atoms with E-state index in [1.54, 1.807) is 0 Å². The zero-order valence-electron chi connectivity index (χ0n) is 11.1. The number of aliphatic hydroxyl groups is 3. The van der Waals surface area contributed by atoms with E-state index in [1.165, 1.54) is 6.92 Å². The van der Waals surface area contributed by atoms with Crippen LogP contribution in [-0.4, -0.2) is 62.5 Å². The largest absolute Gasteiger partial charge is 0.508 e. The average Bonchev–Trinajstić information content (AvgIpc) is 2.65. The van der Waals surface area contributed by atoms with Crippen LogP contribution in [0.4, 0.5) is 0 Å². The molecule has 0 aromatic heterocycles. The average molecular weight is 300 g/mol. The van der Waals surface area contributed by atoms with Gasteiger partial charge >= 0.3 is 0 Å². The standard InChI is InChI=1S/C13H16O8/c1-5(15)10-7(17)2-6(16)3-8(10)20-13-12(19)11(18)9(4-14)21-13/h2-3,9,11-14,16-19H,4H2,1H3/t9-,11-,12-,13-/m1/s1. The van der Waals surface area contributed by atoms with Crippen LogP contribution in [0, 0.1) is 0 Å². The number of phenolic OH excluding ortho intramolecular Hbond substituents is 2. The SMILES string of the molecule is CC(=O)c1c(O)cc(O)cc1O[C@@H]1O[C@H](CO)[C@@H](O)[C@H]1O. The molecule has 4 atom stereocenters. The van der Waals surface area contributed by atoms with E-state index in [0.29, 0.717) is 0 Å². The number of aliphatic hydroxyl groups excluding tert-OH is 3. The molecule has 0 aliphatic carbocycles. The van der Waals surface area contributed by atoms with Crippen LogP contribution in [-0.2, 0) is 4.74 Å². The van der Waals surface area contributed by atoms with E-state index in [0.717, 1.165) is 12.1 Å². The van der Waals surface area contributed by atoms with Gasteiger partial charge < -0.3 is 35.0 Å². The maximum atomic E-state index is 11.5. The maximum absolute atomic E-state index is 11.5. The van der Waals surface area contributed by atoms with Crippen LogP contribution in [0.5, 0.6) is 17.2 Å². The minimum atomic E-state index is -1.45. The van der Waals surface area contributed by atoms with Crippen molar-refractivity contribution in [3.05, 3.63) is 17.7 Å². The minimum absolute atomic E-state index is 0.189. The lowest BCUT2D eigenvalue weighted by molar-refractivity contribution is -0.116. The third-order valence-corrected chi connectivity index (χ3v) is 3.16. The molecule has 0 saturated carbocycles. The van der Waals surface area contributed by atoms with Crippen LogP contribution >= 0.6 is 0 Å². The van der Waals surface area contributed by atoms with E-state index in [4.69, 9.17) is 14.6 Å². The molecule has 1 aliphatic heterocycles. The molecule has 0 bridgehead atoms. The molecule has 0 amide bonds. The molecule has 0 unspecified atom stereocenters. The van der Waals surface area contributed by atoms with Crippen molar-refractivity contribution in [2.75, 3.05) is 6.61 Å².